The molecule has 0 saturated carbocycles. The summed E-state index contributed by atoms with van der Waals surface area (Å²) in [5, 5.41) is 12.2. The van der Waals surface area contributed by atoms with Crippen molar-refractivity contribution in [1.29, 1.82) is 0 Å². The normalized spacial score (nSPS) is 10.3. The van der Waals surface area contributed by atoms with Crippen LogP contribution in [0.3, 0.4) is 0 Å². The monoisotopic (exact) mass is 346 g/mol. The number of nitrogens with two attached hydrogens (primary N) is 1. The molecule has 2 rings (SSSR count). The third kappa shape index (κ3) is 4.97. The lowest BCUT2D eigenvalue weighted by molar-refractivity contribution is 0.0696. The van der Waals surface area contributed by atoms with Crippen LogP contribution >= 0.6 is 0 Å². The van der Waals surface area contributed by atoms with Crippen molar-refractivity contribution in [3.63, 3.8) is 0 Å². The third-order valence-corrected chi connectivity index (χ3v) is 3.51. The molecule has 0 aliphatic rings. The van der Waals surface area contributed by atoms with Gasteiger partial charge in [-0.2, -0.15) is 4.98 Å². The molecule has 0 fully saturated rings. The lowest BCUT2D eigenvalue weighted by Crippen LogP contribution is -2.09. The van der Waals surface area contributed by atoms with Gasteiger partial charge in [-0.1, -0.05) is 19.4 Å². The third-order valence-electron chi connectivity index (χ3n) is 3.51. The van der Waals surface area contributed by atoms with Crippen molar-refractivity contribution in [2.24, 2.45) is 0 Å². The fourth-order valence-electron chi connectivity index (χ4n) is 2.15. The number of unbranched alkanes of at least 4 members (excludes halogenated alkanes) is 1. The van der Waals surface area contributed by atoms with Gasteiger partial charge in [-0.05, 0) is 18.6 Å². The minimum absolute atomic E-state index is 0.151. The van der Waals surface area contributed by atoms with E-state index in [4.69, 9.17) is 20.3 Å². The fourth-order valence-corrected chi connectivity index (χ4v) is 2.15. The summed E-state index contributed by atoms with van der Waals surface area (Å²) in [7, 11) is 1.48. The predicted molar refractivity (Wildman–Crippen MR) is 94.1 cm³/mol. The second-order valence-electron chi connectivity index (χ2n) is 5.34. The maximum absolute atomic E-state index is 11.0. The number of ether oxygens (including phenoxy) is 2. The van der Waals surface area contributed by atoms with E-state index in [1.165, 1.54) is 25.4 Å². The number of aromatic carboxylic acids is 1. The van der Waals surface area contributed by atoms with Crippen LogP contribution in [-0.2, 0) is 6.61 Å². The second-order valence-corrected chi connectivity index (χ2v) is 5.34. The van der Waals surface area contributed by atoms with Crippen molar-refractivity contribution >= 4 is 17.7 Å². The highest BCUT2D eigenvalue weighted by molar-refractivity contribution is 5.88. The van der Waals surface area contributed by atoms with Gasteiger partial charge in [0.1, 0.15) is 12.4 Å². The van der Waals surface area contributed by atoms with Crippen molar-refractivity contribution < 1.29 is 19.4 Å². The molecule has 0 amide bonds. The van der Waals surface area contributed by atoms with E-state index in [1.54, 1.807) is 6.07 Å². The van der Waals surface area contributed by atoms with Gasteiger partial charge in [0.2, 0.25) is 5.95 Å². The van der Waals surface area contributed by atoms with Crippen LogP contribution in [0.4, 0.5) is 11.8 Å². The quantitative estimate of drug-likeness (QED) is 0.593. The van der Waals surface area contributed by atoms with Gasteiger partial charge in [0.25, 0.3) is 0 Å². The van der Waals surface area contributed by atoms with Gasteiger partial charge < -0.3 is 25.6 Å². The maximum Gasteiger partial charge on any atom is 0.335 e. The smallest absolute Gasteiger partial charge is 0.335 e. The molecule has 8 heteroatoms. The molecule has 1 aromatic carbocycles. The molecule has 0 radical (unpaired) electrons. The first kappa shape index (κ1) is 18.3. The highest BCUT2D eigenvalue weighted by Gasteiger charge is 2.12. The number of methoxy groups -OCH3 is 1. The molecule has 8 nitrogen and oxygen atoms in total. The zero-order valence-corrected chi connectivity index (χ0v) is 14.3. The van der Waals surface area contributed by atoms with E-state index in [0.717, 1.165) is 19.4 Å². The highest BCUT2D eigenvalue weighted by atomic mass is 16.5. The number of rotatable bonds is 9. The number of carboxylic acids is 1. The summed E-state index contributed by atoms with van der Waals surface area (Å²) in [6, 6.07) is 4.62. The van der Waals surface area contributed by atoms with Gasteiger partial charge in [-0.3, -0.25) is 0 Å². The average Bonchev–Trinajstić information content (AvgIpc) is 2.61. The first-order valence-corrected chi connectivity index (χ1v) is 7.94. The van der Waals surface area contributed by atoms with Gasteiger partial charge in [0.15, 0.2) is 11.6 Å². The Kier molecular flexibility index (Phi) is 6.39. The molecule has 0 unspecified atom stereocenters. The molecular formula is C17H22N4O4. The Morgan fingerprint density at radius 2 is 2.16 bits per heavy atom. The molecule has 1 aromatic heterocycles. The van der Waals surface area contributed by atoms with Crippen molar-refractivity contribution in [3.05, 3.63) is 35.5 Å². The van der Waals surface area contributed by atoms with Crippen LogP contribution in [0.5, 0.6) is 11.5 Å². The molecule has 0 aliphatic carbocycles. The molecule has 0 spiro atoms. The van der Waals surface area contributed by atoms with E-state index in [0.29, 0.717) is 22.9 Å². The standard InChI is InChI=1S/C17H22N4O4/c1-3-4-7-19-15-14(9-20-17(18)21-15)25-10-12-6-5-11(16(22)23)8-13(12)24-2/h5-6,8-9H,3-4,7,10H2,1-2H3,(H,22,23)(H3,18,19,20,21). The molecule has 0 saturated heterocycles. The summed E-state index contributed by atoms with van der Waals surface area (Å²) < 4.78 is 11.0. The van der Waals surface area contributed by atoms with Crippen LogP contribution in [0.1, 0.15) is 35.7 Å². The molecule has 0 aliphatic heterocycles. The lowest BCUT2D eigenvalue weighted by atomic mass is 10.1. The zero-order chi connectivity index (χ0) is 18.2. The number of hydrogen-bond donors (Lipinski definition) is 3. The van der Waals surface area contributed by atoms with E-state index in [-0.39, 0.29) is 18.1 Å². The number of hydrogen-bond acceptors (Lipinski definition) is 7. The van der Waals surface area contributed by atoms with Gasteiger partial charge >= 0.3 is 5.97 Å². The summed E-state index contributed by atoms with van der Waals surface area (Å²) in [6.45, 7) is 3.03. The number of nitrogens with one attached hydrogen (secondary N) is 1. The SMILES string of the molecule is CCCCNc1nc(N)ncc1OCc1ccc(C(=O)O)cc1OC. The Morgan fingerprint density at radius 1 is 1.36 bits per heavy atom. The van der Waals surface area contributed by atoms with E-state index in [9.17, 15) is 4.79 Å². The number of nitrogen functional groups attached to an aromatic ring is 1. The molecule has 1 heterocycles. The van der Waals surface area contributed by atoms with Crippen LogP contribution in [0, 0.1) is 0 Å². The van der Waals surface area contributed by atoms with E-state index in [2.05, 4.69) is 22.2 Å². The molecular weight excluding hydrogens is 324 g/mol. The van der Waals surface area contributed by atoms with Crippen LogP contribution in [0.25, 0.3) is 0 Å². The first-order valence-electron chi connectivity index (χ1n) is 7.94. The number of aromatic nitrogens is 2. The Bertz CT molecular complexity index is 737. The van der Waals surface area contributed by atoms with Gasteiger partial charge in [0, 0.05) is 12.1 Å². The number of carbonyl (C=O) groups is 1. The fraction of sp³-hybridized carbons (Fsp3) is 0.353. The summed E-state index contributed by atoms with van der Waals surface area (Å²) in [6.07, 6.45) is 3.55. The minimum Gasteiger partial charge on any atom is -0.496 e. The summed E-state index contributed by atoms with van der Waals surface area (Å²) in [5.74, 6) is 0.586. The molecule has 0 bridgehead atoms. The molecule has 25 heavy (non-hydrogen) atoms. The number of anilines is 2. The molecule has 4 N–H and O–H groups in total. The van der Waals surface area contributed by atoms with Crippen LogP contribution < -0.4 is 20.5 Å². The molecule has 0 atom stereocenters. The van der Waals surface area contributed by atoms with Crippen molar-refractivity contribution in [2.45, 2.75) is 26.4 Å². The maximum atomic E-state index is 11.0. The van der Waals surface area contributed by atoms with Gasteiger partial charge in [-0.15, -0.1) is 0 Å². The summed E-state index contributed by atoms with van der Waals surface area (Å²) >= 11 is 0. The summed E-state index contributed by atoms with van der Waals surface area (Å²) in [4.78, 5) is 19.1. The Morgan fingerprint density at radius 3 is 2.84 bits per heavy atom. The molecule has 134 valence electrons. The van der Waals surface area contributed by atoms with E-state index < -0.39 is 5.97 Å². The van der Waals surface area contributed by atoms with Gasteiger partial charge in [0.05, 0.1) is 18.9 Å². The topological polar surface area (TPSA) is 120 Å². The Labute approximate surface area is 146 Å². The number of nitrogens with zero attached hydrogens (tertiary/aromatic N) is 2. The molecule has 2 aromatic rings. The average molecular weight is 346 g/mol. The Balaban J connectivity index is 2.14. The van der Waals surface area contributed by atoms with Gasteiger partial charge in [-0.25, -0.2) is 9.78 Å². The van der Waals surface area contributed by atoms with Crippen molar-refractivity contribution in [3.8, 4) is 11.5 Å². The zero-order valence-electron chi connectivity index (χ0n) is 14.3. The summed E-state index contributed by atoms with van der Waals surface area (Å²) in [5.41, 5.74) is 6.50. The van der Waals surface area contributed by atoms with E-state index in [1.807, 2.05) is 0 Å². The Hall–Kier alpha value is -3.03. The first-order chi connectivity index (χ1) is 12.0. The largest absolute Gasteiger partial charge is 0.496 e. The van der Waals surface area contributed by atoms with Crippen molar-refractivity contribution in [1.82, 2.24) is 9.97 Å². The van der Waals surface area contributed by atoms with Crippen LogP contribution in [-0.4, -0.2) is 34.7 Å². The lowest BCUT2D eigenvalue weighted by Gasteiger charge is -2.14. The van der Waals surface area contributed by atoms with E-state index >= 15 is 0 Å². The van der Waals surface area contributed by atoms with Crippen LogP contribution in [0.15, 0.2) is 24.4 Å². The van der Waals surface area contributed by atoms with Crippen LogP contribution in [0.2, 0.25) is 0 Å². The number of carboxylic acid groups (broad SMARTS) is 1. The number of benzene rings is 1. The predicted octanol–water partition coefficient (Wildman–Crippen LogP) is 2.56. The second kappa shape index (κ2) is 8.72. The highest BCUT2D eigenvalue weighted by Crippen LogP contribution is 2.26. The minimum atomic E-state index is -1.01. The van der Waals surface area contributed by atoms with Crippen molar-refractivity contribution in [2.75, 3.05) is 24.7 Å².